The number of para-hydroxylation sites is 1. The molecular weight excluding hydrogens is 272 g/mol. The van der Waals surface area contributed by atoms with Crippen molar-refractivity contribution in [2.24, 2.45) is 5.73 Å². The van der Waals surface area contributed by atoms with E-state index in [2.05, 4.69) is 24.9 Å². The van der Waals surface area contributed by atoms with Gasteiger partial charge in [-0.05, 0) is 24.5 Å². The van der Waals surface area contributed by atoms with Gasteiger partial charge in [0.05, 0.1) is 5.41 Å². The largest absolute Gasteiger partial charge is 0.369 e. The lowest BCUT2D eigenvalue weighted by Gasteiger charge is -2.29. The molecular formula is C19H28N2O. The second kappa shape index (κ2) is 7.48. The fraction of sp³-hybridized carbons (Fsp3) is 0.526. The van der Waals surface area contributed by atoms with Crippen molar-refractivity contribution in [3.05, 3.63) is 36.0 Å². The zero-order valence-electron chi connectivity index (χ0n) is 13.8. The first-order valence-corrected chi connectivity index (χ1v) is 8.52. The van der Waals surface area contributed by atoms with Gasteiger partial charge in [-0.15, -0.1) is 0 Å². The molecule has 0 bridgehead atoms. The summed E-state index contributed by atoms with van der Waals surface area (Å²) in [6.07, 6.45) is 9.53. The van der Waals surface area contributed by atoms with E-state index in [0.717, 1.165) is 35.7 Å². The van der Waals surface area contributed by atoms with Crippen LogP contribution in [0.1, 0.15) is 64.4 Å². The molecule has 3 N–H and O–H groups in total. The quantitative estimate of drug-likeness (QED) is 0.650. The Morgan fingerprint density at radius 2 is 1.86 bits per heavy atom. The summed E-state index contributed by atoms with van der Waals surface area (Å²) < 4.78 is 0. The van der Waals surface area contributed by atoms with E-state index in [1.54, 1.807) is 0 Å². The van der Waals surface area contributed by atoms with Gasteiger partial charge in [0.25, 0.3) is 0 Å². The van der Waals surface area contributed by atoms with Gasteiger partial charge in [-0.25, -0.2) is 0 Å². The predicted molar refractivity (Wildman–Crippen MR) is 92.8 cm³/mol. The van der Waals surface area contributed by atoms with Crippen LogP contribution in [0, 0.1) is 0 Å². The maximum absolute atomic E-state index is 12.3. The molecule has 0 fully saturated rings. The van der Waals surface area contributed by atoms with Crippen LogP contribution in [0.5, 0.6) is 0 Å². The highest BCUT2D eigenvalue weighted by molar-refractivity contribution is 5.94. The highest BCUT2D eigenvalue weighted by atomic mass is 16.1. The van der Waals surface area contributed by atoms with E-state index < -0.39 is 5.41 Å². The molecule has 0 aliphatic rings. The van der Waals surface area contributed by atoms with Crippen LogP contribution in [0.25, 0.3) is 10.9 Å². The first-order valence-electron chi connectivity index (χ1n) is 8.52. The lowest BCUT2D eigenvalue weighted by atomic mass is 9.73. The molecule has 1 aromatic carbocycles. The Labute approximate surface area is 133 Å². The van der Waals surface area contributed by atoms with Crippen molar-refractivity contribution in [3.8, 4) is 0 Å². The molecule has 3 nitrogen and oxygen atoms in total. The number of aromatic nitrogens is 1. The Morgan fingerprint density at radius 3 is 2.55 bits per heavy atom. The van der Waals surface area contributed by atoms with E-state index in [1.165, 1.54) is 25.7 Å². The predicted octanol–water partition coefficient (Wildman–Crippen LogP) is 4.66. The Balaban J connectivity index is 2.27. The molecule has 1 atom stereocenters. The van der Waals surface area contributed by atoms with Crippen molar-refractivity contribution in [3.63, 3.8) is 0 Å². The van der Waals surface area contributed by atoms with Crippen molar-refractivity contribution >= 4 is 16.8 Å². The van der Waals surface area contributed by atoms with Gasteiger partial charge < -0.3 is 10.7 Å². The lowest BCUT2D eigenvalue weighted by molar-refractivity contribution is -0.124. The van der Waals surface area contributed by atoms with E-state index in [0.29, 0.717) is 0 Å². The van der Waals surface area contributed by atoms with E-state index in [-0.39, 0.29) is 5.91 Å². The number of carbonyl (C=O) groups is 1. The van der Waals surface area contributed by atoms with Gasteiger partial charge in [0.15, 0.2) is 0 Å². The van der Waals surface area contributed by atoms with Gasteiger partial charge in [0, 0.05) is 17.1 Å². The number of primary amides is 1. The van der Waals surface area contributed by atoms with Crippen molar-refractivity contribution in [1.29, 1.82) is 0 Å². The minimum atomic E-state index is -0.550. The average molecular weight is 300 g/mol. The molecule has 0 saturated carbocycles. The van der Waals surface area contributed by atoms with Gasteiger partial charge in [-0.3, -0.25) is 4.79 Å². The number of nitrogens with two attached hydrogens (primary N) is 1. The van der Waals surface area contributed by atoms with Crippen molar-refractivity contribution in [1.82, 2.24) is 4.98 Å². The van der Waals surface area contributed by atoms with Gasteiger partial charge in [-0.2, -0.15) is 0 Å². The number of aromatic amines is 1. The lowest BCUT2D eigenvalue weighted by Crippen LogP contribution is -2.40. The Hall–Kier alpha value is -1.77. The molecule has 2 rings (SSSR count). The third-order valence-corrected chi connectivity index (χ3v) is 4.89. The first-order chi connectivity index (χ1) is 10.7. The maximum atomic E-state index is 12.3. The van der Waals surface area contributed by atoms with Crippen molar-refractivity contribution < 1.29 is 4.79 Å². The summed E-state index contributed by atoms with van der Waals surface area (Å²) in [5.41, 5.74) is 7.44. The highest BCUT2D eigenvalue weighted by Crippen LogP contribution is 2.38. The van der Waals surface area contributed by atoms with Crippen LogP contribution in [0.2, 0.25) is 0 Å². The summed E-state index contributed by atoms with van der Waals surface area (Å²) in [6, 6.07) is 8.14. The Bertz CT molecular complexity index is 617. The molecule has 1 aromatic heterocycles. The molecule has 0 saturated heterocycles. The van der Waals surface area contributed by atoms with Crippen molar-refractivity contribution in [2.75, 3.05) is 0 Å². The first kappa shape index (κ1) is 16.6. The number of rotatable bonds is 9. The van der Waals surface area contributed by atoms with Crippen LogP contribution < -0.4 is 5.73 Å². The van der Waals surface area contributed by atoms with Crippen molar-refractivity contribution in [2.45, 2.75) is 64.2 Å². The normalized spacial score (nSPS) is 14.1. The maximum Gasteiger partial charge on any atom is 0.228 e. The molecule has 2 aromatic rings. The third kappa shape index (κ3) is 3.18. The fourth-order valence-electron chi connectivity index (χ4n) is 3.43. The Kier molecular flexibility index (Phi) is 5.64. The average Bonchev–Trinajstić information content (AvgIpc) is 2.95. The van der Waals surface area contributed by atoms with E-state index in [1.807, 2.05) is 24.4 Å². The highest BCUT2D eigenvalue weighted by Gasteiger charge is 2.38. The molecule has 3 heteroatoms. The second-order valence-corrected chi connectivity index (χ2v) is 6.21. The summed E-state index contributed by atoms with van der Waals surface area (Å²) in [5.74, 6) is -0.199. The van der Waals surface area contributed by atoms with Crippen LogP contribution in [0.15, 0.2) is 30.5 Å². The number of H-pyrrole nitrogens is 1. The van der Waals surface area contributed by atoms with Gasteiger partial charge in [0.2, 0.25) is 5.91 Å². The van der Waals surface area contributed by atoms with Gasteiger partial charge >= 0.3 is 0 Å². The molecule has 1 unspecified atom stereocenters. The Morgan fingerprint density at radius 1 is 1.14 bits per heavy atom. The zero-order valence-corrected chi connectivity index (χ0v) is 13.8. The number of carbonyl (C=O) groups excluding carboxylic acids is 1. The van der Waals surface area contributed by atoms with E-state index >= 15 is 0 Å². The zero-order chi connectivity index (χ0) is 16.0. The molecule has 0 aliphatic carbocycles. The SMILES string of the molecule is CCCCCCCC(CC)(C(N)=O)c1c[nH]c2ccccc12. The van der Waals surface area contributed by atoms with Crippen LogP contribution in [-0.2, 0) is 10.2 Å². The second-order valence-electron chi connectivity index (χ2n) is 6.21. The third-order valence-electron chi connectivity index (χ3n) is 4.89. The van der Waals surface area contributed by atoms with Crippen LogP contribution >= 0.6 is 0 Å². The molecule has 0 radical (unpaired) electrons. The molecule has 1 amide bonds. The summed E-state index contributed by atoms with van der Waals surface area (Å²) in [5, 5.41) is 1.12. The molecule has 22 heavy (non-hydrogen) atoms. The standard InChI is InChI=1S/C19H28N2O/c1-3-5-6-7-10-13-19(4-2,18(20)22)16-14-21-17-12-9-8-11-15(16)17/h8-9,11-12,14,21H,3-7,10,13H2,1-2H3,(H2,20,22). The number of nitrogens with one attached hydrogen (secondary N) is 1. The minimum absolute atomic E-state index is 0.199. The van der Waals surface area contributed by atoms with Crippen LogP contribution in [0.4, 0.5) is 0 Å². The minimum Gasteiger partial charge on any atom is -0.369 e. The smallest absolute Gasteiger partial charge is 0.228 e. The molecule has 0 aliphatic heterocycles. The number of hydrogen-bond acceptors (Lipinski definition) is 1. The fourth-order valence-corrected chi connectivity index (χ4v) is 3.43. The van der Waals surface area contributed by atoms with E-state index in [9.17, 15) is 4.79 Å². The number of benzene rings is 1. The summed E-state index contributed by atoms with van der Waals surface area (Å²) >= 11 is 0. The number of hydrogen-bond donors (Lipinski definition) is 2. The van der Waals surface area contributed by atoms with E-state index in [4.69, 9.17) is 5.73 Å². The topological polar surface area (TPSA) is 58.9 Å². The number of unbranched alkanes of at least 4 members (excludes halogenated alkanes) is 4. The number of amides is 1. The van der Waals surface area contributed by atoms with Crippen LogP contribution in [-0.4, -0.2) is 10.9 Å². The van der Waals surface area contributed by atoms with Gasteiger partial charge in [0.1, 0.15) is 0 Å². The molecule has 0 spiro atoms. The number of fused-ring (bicyclic) bond motifs is 1. The summed E-state index contributed by atoms with van der Waals surface area (Å²) in [7, 11) is 0. The molecule has 120 valence electrons. The molecule has 1 heterocycles. The summed E-state index contributed by atoms with van der Waals surface area (Å²) in [4.78, 5) is 15.6. The van der Waals surface area contributed by atoms with Gasteiger partial charge in [-0.1, -0.05) is 64.2 Å². The monoisotopic (exact) mass is 300 g/mol. The summed E-state index contributed by atoms with van der Waals surface area (Å²) in [6.45, 7) is 4.28. The van der Waals surface area contributed by atoms with Crippen LogP contribution in [0.3, 0.4) is 0 Å².